The van der Waals surface area contributed by atoms with E-state index in [0.29, 0.717) is 38.6 Å². The summed E-state index contributed by atoms with van der Waals surface area (Å²) in [5.74, 6) is 0.845. The minimum absolute atomic E-state index is 0.0708. The molecule has 0 unspecified atom stereocenters. The lowest BCUT2D eigenvalue weighted by Gasteiger charge is -2.34. The fourth-order valence-corrected chi connectivity index (χ4v) is 5.32. The van der Waals surface area contributed by atoms with Crippen molar-refractivity contribution in [3.8, 4) is 22.0 Å². The number of rotatable bonds is 7. The van der Waals surface area contributed by atoms with Gasteiger partial charge in [0, 0.05) is 75.9 Å². The monoisotopic (exact) mass is 492 g/mol. The highest BCUT2D eigenvalue weighted by Gasteiger charge is 2.30. The molecule has 2 aliphatic rings. The van der Waals surface area contributed by atoms with Crippen molar-refractivity contribution < 1.29 is 9.59 Å². The Balaban J connectivity index is 1.36. The van der Waals surface area contributed by atoms with Crippen molar-refractivity contribution in [1.82, 2.24) is 29.2 Å². The third kappa shape index (κ3) is 5.16. The predicted molar refractivity (Wildman–Crippen MR) is 137 cm³/mol. The molecule has 2 fully saturated rings. The van der Waals surface area contributed by atoms with Crippen LogP contribution >= 0.6 is 11.3 Å². The van der Waals surface area contributed by atoms with Crippen molar-refractivity contribution in [3.05, 3.63) is 47.2 Å². The normalized spacial score (nSPS) is 16.5. The highest BCUT2D eigenvalue weighted by molar-refractivity contribution is 7.13. The average Bonchev–Trinajstić information content (AvgIpc) is 3.45. The number of piperazine rings is 1. The first-order valence-electron chi connectivity index (χ1n) is 12.2. The van der Waals surface area contributed by atoms with Crippen LogP contribution in [-0.4, -0.2) is 87.9 Å². The van der Waals surface area contributed by atoms with Crippen LogP contribution in [0.4, 0.5) is 0 Å². The summed E-state index contributed by atoms with van der Waals surface area (Å²) < 4.78 is 2.29. The third-order valence-electron chi connectivity index (χ3n) is 6.95. The summed E-state index contributed by atoms with van der Waals surface area (Å²) in [6.45, 7) is 6.07. The molecule has 4 heterocycles. The number of thiazole rings is 1. The zero-order valence-corrected chi connectivity index (χ0v) is 21.4. The molecule has 3 aromatic heterocycles. The minimum Gasteiger partial charge on any atom is -0.348 e. The molecule has 0 aromatic carbocycles. The molecule has 0 radical (unpaired) electrons. The summed E-state index contributed by atoms with van der Waals surface area (Å²) >= 11 is 1.62. The smallest absolute Gasteiger partial charge is 0.255 e. The molecule has 0 atom stereocenters. The number of likely N-dealkylation sites (N-methyl/N-ethyl adjacent to an activating group) is 1. The molecule has 3 aromatic rings. The van der Waals surface area contributed by atoms with E-state index in [-0.39, 0.29) is 11.8 Å². The lowest BCUT2D eigenvalue weighted by molar-refractivity contribution is -0.130. The Bertz CT molecular complexity index is 1210. The van der Waals surface area contributed by atoms with E-state index in [1.807, 2.05) is 23.1 Å². The van der Waals surface area contributed by atoms with Crippen LogP contribution in [0.15, 0.2) is 36.0 Å². The van der Waals surface area contributed by atoms with Gasteiger partial charge in [-0.05, 0) is 43.9 Å². The van der Waals surface area contributed by atoms with Gasteiger partial charge in [0.05, 0.1) is 23.5 Å². The second-order valence-corrected chi connectivity index (χ2v) is 10.6. The van der Waals surface area contributed by atoms with Crippen LogP contribution in [0.5, 0.6) is 0 Å². The van der Waals surface area contributed by atoms with Gasteiger partial charge in [-0.15, -0.1) is 11.3 Å². The molecule has 35 heavy (non-hydrogen) atoms. The van der Waals surface area contributed by atoms with Gasteiger partial charge >= 0.3 is 0 Å². The highest BCUT2D eigenvalue weighted by Crippen LogP contribution is 2.36. The molecule has 0 bridgehead atoms. The molecule has 2 amide bonds. The van der Waals surface area contributed by atoms with Gasteiger partial charge in [0.15, 0.2) is 0 Å². The molecule has 1 saturated carbocycles. The first kappa shape index (κ1) is 23.7. The van der Waals surface area contributed by atoms with Crippen LogP contribution in [0.3, 0.4) is 0 Å². The highest BCUT2D eigenvalue weighted by atomic mass is 32.1. The van der Waals surface area contributed by atoms with E-state index in [1.54, 1.807) is 42.7 Å². The molecule has 0 spiro atoms. The fourth-order valence-electron chi connectivity index (χ4n) is 4.50. The summed E-state index contributed by atoms with van der Waals surface area (Å²) in [7, 11) is 3.55. The number of hydrogen-bond acceptors (Lipinski definition) is 6. The zero-order chi connectivity index (χ0) is 24.5. The van der Waals surface area contributed by atoms with Gasteiger partial charge in [0.2, 0.25) is 5.91 Å². The van der Waals surface area contributed by atoms with E-state index in [1.165, 1.54) is 12.8 Å². The molecule has 9 heteroatoms. The van der Waals surface area contributed by atoms with Gasteiger partial charge in [0.25, 0.3) is 5.91 Å². The number of aromatic nitrogens is 3. The number of nitrogens with zero attached hydrogens (tertiary/aromatic N) is 6. The Morgan fingerprint density at radius 3 is 2.49 bits per heavy atom. The molecule has 1 saturated heterocycles. The SMILES string of the molecule is Cc1c(C(=O)N2CCN(CC(=O)N(C)C)CC2)cc(-c2csc(-c3ccncc3)n2)n1CC1CC1. The lowest BCUT2D eigenvalue weighted by Crippen LogP contribution is -2.51. The van der Waals surface area contributed by atoms with E-state index in [4.69, 9.17) is 4.98 Å². The topological polar surface area (TPSA) is 74.6 Å². The van der Waals surface area contributed by atoms with E-state index in [9.17, 15) is 9.59 Å². The maximum Gasteiger partial charge on any atom is 0.255 e. The molecule has 5 rings (SSSR count). The standard InChI is InChI=1S/C26H32N6O2S/c1-18-21(26(34)31-12-10-30(11-13-31)16-24(33)29(2)3)14-23(32(18)15-19-4-5-19)22-17-35-25(28-22)20-6-8-27-9-7-20/h6-9,14,17,19H,4-5,10-13,15-16H2,1-3H3. The number of carbonyl (C=O) groups is 2. The van der Waals surface area contributed by atoms with Gasteiger partial charge < -0.3 is 14.4 Å². The van der Waals surface area contributed by atoms with Gasteiger partial charge in [-0.1, -0.05) is 0 Å². The molecule has 184 valence electrons. The van der Waals surface area contributed by atoms with Crippen LogP contribution < -0.4 is 0 Å². The van der Waals surface area contributed by atoms with Crippen LogP contribution in [0, 0.1) is 12.8 Å². The molecule has 1 aliphatic heterocycles. The van der Waals surface area contributed by atoms with Crippen LogP contribution in [0.25, 0.3) is 22.0 Å². The van der Waals surface area contributed by atoms with Crippen LogP contribution in [0.1, 0.15) is 28.9 Å². The largest absolute Gasteiger partial charge is 0.348 e. The quantitative estimate of drug-likeness (QED) is 0.506. The first-order valence-corrected chi connectivity index (χ1v) is 13.1. The van der Waals surface area contributed by atoms with Gasteiger partial charge in [-0.2, -0.15) is 0 Å². The Labute approximate surface area is 210 Å². The summed E-state index contributed by atoms with van der Waals surface area (Å²) in [6, 6.07) is 5.98. The van der Waals surface area contributed by atoms with E-state index < -0.39 is 0 Å². The summed E-state index contributed by atoms with van der Waals surface area (Å²) in [6.07, 6.45) is 6.05. The Morgan fingerprint density at radius 2 is 1.83 bits per heavy atom. The van der Waals surface area contributed by atoms with E-state index >= 15 is 0 Å². The summed E-state index contributed by atoms with van der Waals surface area (Å²) in [5, 5.41) is 3.04. The van der Waals surface area contributed by atoms with Crippen molar-refractivity contribution in [3.63, 3.8) is 0 Å². The van der Waals surface area contributed by atoms with Crippen molar-refractivity contribution in [2.45, 2.75) is 26.3 Å². The van der Waals surface area contributed by atoms with E-state index in [2.05, 4.69) is 26.8 Å². The Hall–Kier alpha value is -3.04. The number of amides is 2. The molecule has 1 aliphatic carbocycles. The van der Waals surface area contributed by atoms with E-state index in [0.717, 1.165) is 39.8 Å². The average molecular weight is 493 g/mol. The summed E-state index contributed by atoms with van der Waals surface area (Å²) in [5.41, 5.74) is 4.76. The molecule has 0 N–H and O–H groups in total. The third-order valence-corrected chi connectivity index (χ3v) is 7.84. The van der Waals surface area contributed by atoms with Crippen molar-refractivity contribution in [2.75, 3.05) is 46.8 Å². The van der Waals surface area contributed by atoms with Crippen molar-refractivity contribution in [2.24, 2.45) is 5.92 Å². The lowest BCUT2D eigenvalue weighted by atomic mass is 10.2. The molecular formula is C26H32N6O2S. The van der Waals surface area contributed by atoms with Gasteiger partial charge in [-0.25, -0.2) is 4.98 Å². The second kappa shape index (κ2) is 9.91. The first-order chi connectivity index (χ1) is 16.9. The van der Waals surface area contributed by atoms with Crippen molar-refractivity contribution >= 4 is 23.2 Å². The number of carbonyl (C=O) groups excluding carboxylic acids is 2. The Kier molecular flexibility index (Phi) is 6.71. The number of pyridine rings is 1. The van der Waals surface area contributed by atoms with Gasteiger partial charge in [-0.3, -0.25) is 19.5 Å². The van der Waals surface area contributed by atoms with Crippen LogP contribution in [0.2, 0.25) is 0 Å². The molecule has 8 nitrogen and oxygen atoms in total. The maximum atomic E-state index is 13.6. The fraction of sp³-hybridized carbons (Fsp3) is 0.462. The maximum absolute atomic E-state index is 13.6. The Morgan fingerprint density at radius 1 is 1.11 bits per heavy atom. The number of hydrogen-bond donors (Lipinski definition) is 0. The minimum atomic E-state index is 0.0708. The summed E-state index contributed by atoms with van der Waals surface area (Å²) in [4.78, 5) is 40.3. The van der Waals surface area contributed by atoms with Crippen LogP contribution in [-0.2, 0) is 11.3 Å². The molecular weight excluding hydrogens is 460 g/mol. The van der Waals surface area contributed by atoms with Crippen molar-refractivity contribution in [1.29, 1.82) is 0 Å². The second-order valence-electron chi connectivity index (χ2n) is 9.71. The zero-order valence-electron chi connectivity index (χ0n) is 20.6. The predicted octanol–water partition coefficient (Wildman–Crippen LogP) is 3.24. The van der Waals surface area contributed by atoms with Gasteiger partial charge in [0.1, 0.15) is 5.01 Å².